The van der Waals surface area contributed by atoms with Crippen molar-refractivity contribution in [3.63, 3.8) is 0 Å². The van der Waals surface area contributed by atoms with Gasteiger partial charge in [0, 0.05) is 25.7 Å². The Morgan fingerprint density at radius 3 is 2.75 bits per heavy atom. The Bertz CT molecular complexity index is 431. The zero-order chi connectivity index (χ0) is 13.8. The van der Waals surface area contributed by atoms with Gasteiger partial charge in [0.15, 0.2) is 0 Å². The zero-order valence-corrected chi connectivity index (χ0v) is 12.3. The van der Waals surface area contributed by atoms with E-state index in [4.69, 9.17) is 4.74 Å². The summed E-state index contributed by atoms with van der Waals surface area (Å²) >= 11 is 0. The van der Waals surface area contributed by atoms with Gasteiger partial charge >= 0.3 is 0 Å². The second-order valence-electron chi connectivity index (χ2n) is 5.77. The molecule has 0 aliphatic carbocycles. The Hall–Kier alpha value is -1.26. The number of benzene rings is 1. The third-order valence-corrected chi connectivity index (χ3v) is 4.46. The van der Waals surface area contributed by atoms with Gasteiger partial charge in [0.25, 0.3) is 0 Å². The van der Waals surface area contributed by atoms with Gasteiger partial charge in [-0.05, 0) is 38.6 Å². The highest BCUT2D eigenvalue weighted by molar-refractivity contribution is 5.70. The molecular weight excluding hydrogens is 250 g/mol. The van der Waals surface area contributed by atoms with Gasteiger partial charge in [-0.3, -0.25) is 0 Å². The fourth-order valence-corrected chi connectivity index (χ4v) is 3.17. The van der Waals surface area contributed by atoms with Gasteiger partial charge in [-0.25, -0.2) is 0 Å². The van der Waals surface area contributed by atoms with Crippen molar-refractivity contribution in [1.82, 2.24) is 4.90 Å². The van der Waals surface area contributed by atoms with E-state index in [2.05, 4.69) is 46.4 Å². The Morgan fingerprint density at radius 1 is 1.20 bits per heavy atom. The molecule has 0 bridgehead atoms. The first kappa shape index (κ1) is 13.7. The SMILES string of the molecule is CN1CCCC1CNc1ccccc1N1CCOCC1. The van der Waals surface area contributed by atoms with Crippen LogP contribution in [0.5, 0.6) is 0 Å². The van der Waals surface area contributed by atoms with Gasteiger partial charge in [0.1, 0.15) is 0 Å². The maximum absolute atomic E-state index is 5.45. The smallest absolute Gasteiger partial charge is 0.0642 e. The topological polar surface area (TPSA) is 27.7 Å². The summed E-state index contributed by atoms with van der Waals surface area (Å²) in [5, 5.41) is 3.66. The van der Waals surface area contributed by atoms with Gasteiger partial charge in [0.05, 0.1) is 24.6 Å². The first-order valence-corrected chi connectivity index (χ1v) is 7.70. The minimum absolute atomic E-state index is 0.674. The van der Waals surface area contributed by atoms with E-state index in [-0.39, 0.29) is 0 Å². The van der Waals surface area contributed by atoms with E-state index in [9.17, 15) is 0 Å². The second-order valence-corrected chi connectivity index (χ2v) is 5.77. The van der Waals surface area contributed by atoms with E-state index in [1.807, 2.05) is 0 Å². The summed E-state index contributed by atoms with van der Waals surface area (Å²) in [5.41, 5.74) is 2.58. The highest BCUT2D eigenvalue weighted by atomic mass is 16.5. The van der Waals surface area contributed by atoms with Gasteiger partial charge < -0.3 is 19.9 Å². The number of nitrogens with one attached hydrogen (secondary N) is 1. The molecule has 2 fully saturated rings. The van der Waals surface area contributed by atoms with Crippen molar-refractivity contribution in [2.45, 2.75) is 18.9 Å². The van der Waals surface area contributed by atoms with Crippen LogP contribution in [0, 0.1) is 0 Å². The normalized spacial score (nSPS) is 24.1. The molecule has 1 N–H and O–H groups in total. The van der Waals surface area contributed by atoms with Crippen molar-refractivity contribution in [2.24, 2.45) is 0 Å². The highest BCUT2D eigenvalue weighted by Gasteiger charge is 2.21. The molecular formula is C16H25N3O. The summed E-state index contributed by atoms with van der Waals surface area (Å²) < 4.78 is 5.45. The van der Waals surface area contributed by atoms with E-state index >= 15 is 0 Å². The lowest BCUT2D eigenvalue weighted by atomic mass is 10.2. The summed E-state index contributed by atoms with van der Waals surface area (Å²) in [4.78, 5) is 4.88. The fraction of sp³-hybridized carbons (Fsp3) is 0.625. The fourth-order valence-electron chi connectivity index (χ4n) is 3.17. The highest BCUT2D eigenvalue weighted by Crippen LogP contribution is 2.27. The Labute approximate surface area is 121 Å². The molecule has 0 spiro atoms. The van der Waals surface area contributed by atoms with Crippen LogP contribution in [0.25, 0.3) is 0 Å². The number of likely N-dealkylation sites (N-methyl/N-ethyl adjacent to an activating group) is 1. The molecule has 0 radical (unpaired) electrons. The molecule has 1 aromatic rings. The minimum atomic E-state index is 0.674. The first-order chi connectivity index (χ1) is 9.84. The summed E-state index contributed by atoms with van der Waals surface area (Å²) in [6.45, 7) is 5.92. The zero-order valence-electron chi connectivity index (χ0n) is 12.3. The average Bonchev–Trinajstić information content (AvgIpc) is 2.92. The molecule has 0 saturated carbocycles. The van der Waals surface area contributed by atoms with E-state index in [0.717, 1.165) is 32.8 Å². The number of morpholine rings is 1. The van der Waals surface area contributed by atoms with Crippen molar-refractivity contribution in [2.75, 3.05) is 56.7 Å². The number of para-hydroxylation sites is 2. The van der Waals surface area contributed by atoms with Crippen molar-refractivity contribution in [3.05, 3.63) is 24.3 Å². The third-order valence-electron chi connectivity index (χ3n) is 4.46. The molecule has 2 saturated heterocycles. The number of anilines is 2. The minimum Gasteiger partial charge on any atom is -0.382 e. The average molecular weight is 275 g/mol. The van der Waals surface area contributed by atoms with E-state index in [1.54, 1.807) is 0 Å². The van der Waals surface area contributed by atoms with Crippen molar-refractivity contribution < 1.29 is 4.74 Å². The van der Waals surface area contributed by atoms with Gasteiger partial charge in [-0.1, -0.05) is 12.1 Å². The summed E-state index contributed by atoms with van der Waals surface area (Å²) in [6.07, 6.45) is 2.64. The lowest BCUT2D eigenvalue weighted by Crippen LogP contribution is -2.37. The third kappa shape index (κ3) is 3.07. The van der Waals surface area contributed by atoms with Crippen LogP contribution < -0.4 is 10.2 Å². The number of likely N-dealkylation sites (tertiary alicyclic amines) is 1. The second kappa shape index (κ2) is 6.46. The quantitative estimate of drug-likeness (QED) is 0.910. The van der Waals surface area contributed by atoms with E-state index in [1.165, 1.54) is 30.8 Å². The Morgan fingerprint density at radius 2 is 2.00 bits per heavy atom. The van der Waals surface area contributed by atoms with Crippen molar-refractivity contribution in [1.29, 1.82) is 0 Å². The van der Waals surface area contributed by atoms with Crippen LogP contribution in [0.1, 0.15) is 12.8 Å². The number of ether oxygens (including phenoxy) is 1. The summed E-state index contributed by atoms with van der Waals surface area (Å²) in [6, 6.07) is 9.32. The molecule has 1 atom stereocenters. The molecule has 2 aliphatic heterocycles. The van der Waals surface area contributed by atoms with Crippen LogP contribution in [0.15, 0.2) is 24.3 Å². The van der Waals surface area contributed by atoms with E-state index < -0.39 is 0 Å². The molecule has 110 valence electrons. The molecule has 4 heteroatoms. The predicted octanol–water partition coefficient (Wildman–Crippen LogP) is 2.03. The molecule has 0 amide bonds. The maximum Gasteiger partial charge on any atom is 0.0642 e. The molecule has 2 aliphatic rings. The number of rotatable bonds is 4. The number of nitrogens with zero attached hydrogens (tertiary/aromatic N) is 2. The predicted molar refractivity (Wildman–Crippen MR) is 83.6 cm³/mol. The molecule has 2 heterocycles. The molecule has 1 aromatic carbocycles. The largest absolute Gasteiger partial charge is 0.382 e. The molecule has 4 nitrogen and oxygen atoms in total. The van der Waals surface area contributed by atoms with Crippen LogP contribution in [0.4, 0.5) is 11.4 Å². The first-order valence-electron chi connectivity index (χ1n) is 7.70. The Balaban J connectivity index is 1.66. The summed E-state index contributed by atoms with van der Waals surface area (Å²) in [5.74, 6) is 0. The molecule has 20 heavy (non-hydrogen) atoms. The van der Waals surface area contributed by atoms with Crippen LogP contribution in [-0.4, -0.2) is 57.4 Å². The number of hydrogen-bond donors (Lipinski definition) is 1. The van der Waals surface area contributed by atoms with Crippen LogP contribution >= 0.6 is 0 Å². The molecule has 3 rings (SSSR count). The van der Waals surface area contributed by atoms with Crippen molar-refractivity contribution in [3.8, 4) is 0 Å². The van der Waals surface area contributed by atoms with Crippen LogP contribution in [0.3, 0.4) is 0 Å². The molecule has 0 aromatic heterocycles. The lowest BCUT2D eigenvalue weighted by molar-refractivity contribution is 0.123. The lowest BCUT2D eigenvalue weighted by Gasteiger charge is -2.31. The van der Waals surface area contributed by atoms with E-state index in [0.29, 0.717) is 6.04 Å². The Kier molecular flexibility index (Phi) is 4.43. The number of hydrogen-bond acceptors (Lipinski definition) is 4. The maximum atomic E-state index is 5.45. The van der Waals surface area contributed by atoms with Gasteiger partial charge in [-0.15, -0.1) is 0 Å². The molecule has 1 unspecified atom stereocenters. The van der Waals surface area contributed by atoms with Gasteiger partial charge in [-0.2, -0.15) is 0 Å². The standard InChI is InChI=1S/C16H25N3O/c1-18-8-4-5-14(18)13-17-15-6-2-3-7-16(15)19-9-11-20-12-10-19/h2-3,6-7,14,17H,4-5,8-13H2,1H3. The van der Waals surface area contributed by atoms with Crippen LogP contribution in [0.2, 0.25) is 0 Å². The van der Waals surface area contributed by atoms with Gasteiger partial charge in [0.2, 0.25) is 0 Å². The van der Waals surface area contributed by atoms with Crippen molar-refractivity contribution >= 4 is 11.4 Å². The summed E-state index contributed by atoms with van der Waals surface area (Å²) in [7, 11) is 2.23. The van der Waals surface area contributed by atoms with Crippen LogP contribution in [-0.2, 0) is 4.74 Å². The monoisotopic (exact) mass is 275 g/mol.